The molecule has 0 saturated carbocycles. The molecule has 23 heavy (non-hydrogen) atoms. The maximum atomic E-state index is 5.91. The molecule has 3 N–H and O–H groups in total. The van der Waals surface area contributed by atoms with Gasteiger partial charge in [-0.05, 0) is 42.3 Å². The van der Waals surface area contributed by atoms with E-state index >= 15 is 0 Å². The van der Waals surface area contributed by atoms with E-state index in [1.165, 1.54) is 0 Å². The number of nitrogens with zero attached hydrogens (tertiary/aromatic N) is 1. The number of aliphatic imine (C=N–C) groups is 1. The molecule has 5 nitrogen and oxygen atoms in total. The first-order chi connectivity index (χ1) is 10.6. The van der Waals surface area contributed by atoms with Crippen LogP contribution >= 0.6 is 24.0 Å². The van der Waals surface area contributed by atoms with Crippen molar-refractivity contribution in [3.05, 3.63) is 53.6 Å². The van der Waals surface area contributed by atoms with Crippen LogP contribution in [0.15, 0.2) is 47.5 Å². The molecule has 0 spiro atoms. The number of hydrogen-bond acceptors (Lipinski definition) is 3. The zero-order valence-electron chi connectivity index (χ0n) is 13.5. The molecule has 0 saturated heterocycles. The van der Waals surface area contributed by atoms with Crippen LogP contribution in [0.4, 0.5) is 5.69 Å². The number of benzene rings is 2. The Balaban J connectivity index is 0.00000264. The number of ether oxygens (including phenoxy) is 2. The number of methoxy groups -OCH3 is 2. The highest BCUT2D eigenvalue weighted by Gasteiger charge is 2.04. The Labute approximate surface area is 153 Å². The number of aryl methyl sites for hydroxylation is 1. The van der Waals surface area contributed by atoms with Gasteiger partial charge in [-0.25, -0.2) is 4.99 Å². The number of nitrogens with two attached hydrogens (primary N) is 1. The molecule has 6 heteroatoms. The molecule has 0 radical (unpaired) electrons. The summed E-state index contributed by atoms with van der Waals surface area (Å²) < 4.78 is 10.5. The minimum absolute atomic E-state index is 0. The molecule has 0 aliphatic rings. The maximum absolute atomic E-state index is 5.91. The molecule has 0 atom stereocenters. The van der Waals surface area contributed by atoms with Crippen LogP contribution in [0.25, 0.3) is 0 Å². The second kappa shape index (κ2) is 9.24. The van der Waals surface area contributed by atoms with E-state index in [4.69, 9.17) is 15.2 Å². The summed E-state index contributed by atoms with van der Waals surface area (Å²) in [5, 5.41) is 3.08. The van der Waals surface area contributed by atoms with Crippen molar-refractivity contribution in [1.29, 1.82) is 0 Å². The number of halogens is 1. The first-order valence-electron chi connectivity index (χ1n) is 6.97. The van der Waals surface area contributed by atoms with E-state index < -0.39 is 0 Å². The third-order valence-electron chi connectivity index (χ3n) is 3.17. The summed E-state index contributed by atoms with van der Waals surface area (Å²) in [7, 11) is 3.22. The molecule has 2 rings (SSSR count). The van der Waals surface area contributed by atoms with Gasteiger partial charge in [-0.15, -0.1) is 24.0 Å². The lowest BCUT2D eigenvalue weighted by Crippen LogP contribution is -2.22. The molecule has 124 valence electrons. The lowest BCUT2D eigenvalue weighted by molar-refractivity contribution is 0.354. The molecular formula is C17H22IN3O2. The number of hydrogen-bond donors (Lipinski definition) is 2. The van der Waals surface area contributed by atoms with E-state index in [1.807, 2.05) is 49.4 Å². The Morgan fingerprint density at radius 2 is 1.83 bits per heavy atom. The molecule has 0 aromatic heterocycles. The van der Waals surface area contributed by atoms with Crippen molar-refractivity contribution >= 4 is 35.6 Å². The average Bonchev–Trinajstić information content (AvgIpc) is 2.52. The molecular weight excluding hydrogens is 405 g/mol. The SMILES string of the molecule is COc1ccc(CN=C(N)Nc2cccc(C)c2)cc1OC.I. The number of anilines is 1. The normalized spacial score (nSPS) is 10.7. The molecule has 2 aromatic rings. The van der Waals surface area contributed by atoms with Gasteiger partial charge in [0.1, 0.15) is 0 Å². The van der Waals surface area contributed by atoms with Crippen molar-refractivity contribution in [2.75, 3.05) is 19.5 Å². The summed E-state index contributed by atoms with van der Waals surface area (Å²) in [6.07, 6.45) is 0. The van der Waals surface area contributed by atoms with E-state index in [0.717, 1.165) is 16.8 Å². The minimum atomic E-state index is 0. The van der Waals surface area contributed by atoms with Crippen LogP contribution in [0, 0.1) is 6.92 Å². The summed E-state index contributed by atoms with van der Waals surface area (Å²) >= 11 is 0. The fourth-order valence-electron chi connectivity index (χ4n) is 2.07. The van der Waals surface area contributed by atoms with E-state index in [0.29, 0.717) is 24.0 Å². The molecule has 2 aromatic carbocycles. The van der Waals surface area contributed by atoms with Crippen molar-refractivity contribution < 1.29 is 9.47 Å². The first kappa shape index (κ1) is 19.1. The smallest absolute Gasteiger partial charge is 0.193 e. The largest absolute Gasteiger partial charge is 0.493 e. The molecule has 0 unspecified atom stereocenters. The van der Waals surface area contributed by atoms with Gasteiger partial charge < -0.3 is 20.5 Å². The molecule has 0 aliphatic carbocycles. The van der Waals surface area contributed by atoms with Crippen LogP contribution in [0.3, 0.4) is 0 Å². The molecule has 0 heterocycles. The van der Waals surface area contributed by atoms with E-state index in [2.05, 4.69) is 10.3 Å². The Kier molecular flexibility index (Phi) is 7.67. The van der Waals surface area contributed by atoms with Gasteiger partial charge in [-0.3, -0.25) is 0 Å². The zero-order valence-corrected chi connectivity index (χ0v) is 15.8. The van der Waals surface area contributed by atoms with Gasteiger partial charge in [0.05, 0.1) is 20.8 Å². The van der Waals surface area contributed by atoms with Gasteiger partial charge in [-0.2, -0.15) is 0 Å². The van der Waals surface area contributed by atoms with Gasteiger partial charge >= 0.3 is 0 Å². The van der Waals surface area contributed by atoms with Crippen LogP contribution in [0.1, 0.15) is 11.1 Å². The van der Waals surface area contributed by atoms with Gasteiger partial charge in [-0.1, -0.05) is 18.2 Å². The van der Waals surface area contributed by atoms with Crippen LogP contribution in [-0.4, -0.2) is 20.2 Å². The summed E-state index contributed by atoms with van der Waals surface area (Å²) in [5.74, 6) is 1.75. The monoisotopic (exact) mass is 427 g/mol. The van der Waals surface area contributed by atoms with Gasteiger partial charge in [0.25, 0.3) is 0 Å². The van der Waals surface area contributed by atoms with Crippen molar-refractivity contribution in [2.24, 2.45) is 10.7 Å². The molecule has 0 fully saturated rings. The third-order valence-corrected chi connectivity index (χ3v) is 3.17. The second-order valence-electron chi connectivity index (χ2n) is 4.89. The highest BCUT2D eigenvalue weighted by Crippen LogP contribution is 2.27. The van der Waals surface area contributed by atoms with Gasteiger partial charge in [0.2, 0.25) is 0 Å². The third kappa shape index (κ3) is 5.63. The predicted octanol–water partition coefficient (Wildman–Crippen LogP) is 3.56. The van der Waals surface area contributed by atoms with Crippen LogP contribution in [0.2, 0.25) is 0 Å². The van der Waals surface area contributed by atoms with E-state index in [-0.39, 0.29) is 24.0 Å². The Bertz CT molecular complexity index is 675. The van der Waals surface area contributed by atoms with Crippen LogP contribution in [0.5, 0.6) is 11.5 Å². The summed E-state index contributed by atoms with van der Waals surface area (Å²) in [5.41, 5.74) is 8.99. The molecule has 0 amide bonds. The predicted molar refractivity (Wildman–Crippen MR) is 105 cm³/mol. The van der Waals surface area contributed by atoms with E-state index in [1.54, 1.807) is 14.2 Å². The standard InChI is InChI=1S/C17H21N3O2.HI/c1-12-5-4-6-14(9-12)20-17(18)19-11-13-7-8-15(21-2)16(10-13)22-3;/h4-10H,11H2,1-3H3,(H3,18,19,20);1H. The number of rotatable bonds is 5. The fraction of sp³-hybridized carbons (Fsp3) is 0.235. The molecule has 0 bridgehead atoms. The Morgan fingerprint density at radius 3 is 2.48 bits per heavy atom. The van der Waals surface area contributed by atoms with E-state index in [9.17, 15) is 0 Å². The lowest BCUT2D eigenvalue weighted by atomic mass is 10.2. The highest BCUT2D eigenvalue weighted by atomic mass is 127. The second-order valence-corrected chi connectivity index (χ2v) is 4.89. The van der Waals surface area contributed by atoms with Gasteiger partial charge in [0.15, 0.2) is 17.5 Å². The minimum Gasteiger partial charge on any atom is -0.493 e. The Hall–Kier alpha value is -1.96. The lowest BCUT2D eigenvalue weighted by Gasteiger charge is -2.09. The van der Waals surface area contributed by atoms with Crippen molar-refractivity contribution in [3.63, 3.8) is 0 Å². The zero-order chi connectivity index (χ0) is 15.9. The molecule has 0 aliphatic heterocycles. The summed E-state index contributed by atoms with van der Waals surface area (Å²) in [6.45, 7) is 2.49. The van der Waals surface area contributed by atoms with Crippen LogP contribution < -0.4 is 20.5 Å². The maximum Gasteiger partial charge on any atom is 0.193 e. The number of nitrogens with one attached hydrogen (secondary N) is 1. The Morgan fingerprint density at radius 1 is 1.09 bits per heavy atom. The quantitative estimate of drug-likeness (QED) is 0.435. The first-order valence-corrected chi connectivity index (χ1v) is 6.97. The summed E-state index contributed by atoms with van der Waals surface area (Å²) in [4.78, 5) is 4.34. The highest BCUT2D eigenvalue weighted by molar-refractivity contribution is 14.0. The van der Waals surface area contributed by atoms with Crippen molar-refractivity contribution in [3.8, 4) is 11.5 Å². The van der Waals surface area contributed by atoms with Crippen molar-refractivity contribution in [2.45, 2.75) is 13.5 Å². The number of guanidine groups is 1. The van der Waals surface area contributed by atoms with Gasteiger partial charge in [0, 0.05) is 5.69 Å². The van der Waals surface area contributed by atoms with Crippen LogP contribution in [-0.2, 0) is 6.54 Å². The topological polar surface area (TPSA) is 68.9 Å². The fourth-order valence-corrected chi connectivity index (χ4v) is 2.07. The van der Waals surface area contributed by atoms with Crippen molar-refractivity contribution in [1.82, 2.24) is 0 Å². The summed E-state index contributed by atoms with van der Waals surface area (Å²) in [6, 6.07) is 13.6. The average molecular weight is 427 g/mol.